The molecule has 4 heteroatoms. The lowest BCUT2D eigenvalue weighted by Gasteiger charge is -2.28. The second-order valence-electron chi connectivity index (χ2n) is 4.76. The third-order valence-corrected chi connectivity index (χ3v) is 3.20. The van der Waals surface area contributed by atoms with E-state index in [9.17, 15) is 9.18 Å². The van der Waals surface area contributed by atoms with Crippen molar-refractivity contribution in [2.24, 2.45) is 0 Å². The quantitative estimate of drug-likeness (QED) is 0.750. The van der Waals surface area contributed by atoms with E-state index in [0.717, 1.165) is 11.1 Å². The third kappa shape index (κ3) is 3.32. The number of halogens is 1. The lowest BCUT2D eigenvalue weighted by atomic mass is 9.88. The average Bonchev–Trinajstić information content (AvgIpc) is 2.49. The minimum absolute atomic E-state index is 0.106. The predicted octanol–water partition coefficient (Wildman–Crippen LogP) is 3.67. The summed E-state index contributed by atoms with van der Waals surface area (Å²) >= 11 is 0. The van der Waals surface area contributed by atoms with Crippen LogP contribution in [0, 0.1) is 0 Å². The molecular weight excluding hydrogens is 271 g/mol. The van der Waals surface area contributed by atoms with Crippen LogP contribution in [0.5, 0.6) is 0 Å². The van der Waals surface area contributed by atoms with Gasteiger partial charge in [0.2, 0.25) is 0 Å². The Morgan fingerprint density at radius 1 is 1.19 bits per heavy atom. The molecule has 1 atom stereocenters. The molecule has 0 aromatic heterocycles. The van der Waals surface area contributed by atoms with Gasteiger partial charge >= 0.3 is 0 Å². The summed E-state index contributed by atoms with van der Waals surface area (Å²) < 4.78 is 25.6. The van der Waals surface area contributed by atoms with Crippen LogP contribution in [0.4, 0.5) is 4.39 Å². The molecule has 1 aromatic carbocycles. The maximum atomic E-state index is 14.5. The van der Waals surface area contributed by atoms with Crippen molar-refractivity contribution in [3.8, 4) is 0 Å². The highest BCUT2D eigenvalue weighted by Gasteiger charge is 2.37. The molecule has 0 saturated heterocycles. The smallest absolute Gasteiger partial charge is 0.194 e. The van der Waals surface area contributed by atoms with E-state index < -0.39 is 5.67 Å². The van der Waals surface area contributed by atoms with Gasteiger partial charge in [0.25, 0.3) is 0 Å². The van der Waals surface area contributed by atoms with Crippen LogP contribution in [0.2, 0.25) is 0 Å². The molecule has 0 saturated carbocycles. The molecule has 0 heterocycles. The number of carbonyl (C=O) groups is 1. The van der Waals surface area contributed by atoms with E-state index in [1.807, 2.05) is 44.2 Å². The molecule has 1 aliphatic carbocycles. The van der Waals surface area contributed by atoms with E-state index in [1.54, 1.807) is 0 Å². The van der Waals surface area contributed by atoms with Crippen LogP contribution < -0.4 is 0 Å². The van der Waals surface area contributed by atoms with E-state index >= 15 is 0 Å². The summed E-state index contributed by atoms with van der Waals surface area (Å²) in [6.07, 6.45) is 1.44. The van der Waals surface area contributed by atoms with Gasteiger partial charge in [0.1, 0.15) is 11.5 Å². The van der Waals surface area contributed by atoms with Gasteiger partial charge in [-0.25, -0.2) is 4.39 Å². The minimum Gasteiger partial charge on any atom is -0.497 e. The van der Waals surface area contributed by atoms with Crippen LogP contribution in [0.15, 0.2) is 47.9 Å². The topological polar surface area (TPSA) is 35.5 Å². The van der Waals surface area contributed by atoms with Crippen LogP contribution in [-0.4, -0.2) is 25.2 Å². The van der Waals surface area contributed by atoms with Crippen LogP contribution in [0.25, 0.3) is 5.57 Å². The van der Waals surface area contributed by atoms with Gasteiger partial charge < -0.3 is 9.47 Å². The number of benzene rings is 1. The molecule has 0 amide bonds. The second-order valence-corrected chi connectivity index (χ2v) is 4.76. The van der Waals surface area contributed by atoms with Crippen molar-refractivity contribution in [3.05, 3.63) is 53.5 Å². The average molecular weight is 290 g/mol. The van der Waals surface area contributed by atoms with E-state index in [2.05, 4.69) is 0 Å². The van der Waals surface area contributed by atoms with Gasteiger partial charge in [-0.05, 0) is 19.4 Å². The van der Waals surface area contributed by atoms with Gasteiger partial charge in [-0.3, -0.25) is 4.79 Å². The Balaban J connectivity index is 2.55. The highest BCUT2D eigenvalue weighted by atomic mass is 19.1. The van der Waals surface area contributed by atoms with Gasteiger partial charge in [-0.1, -0.05) is 30.3 Å². The zero-order valence-electron chi connectivity index (χ0n) is 12.3. The standard InChI is InChI=1S/C17H19FO3/c1-3-20-14-10-17(18,12-19)11-15(21-4-2)16(14)13-8-6-5-7-9-13/h5-10,12H,3-4,11H2,1-2H3. The second kappa shape index (κ2) is 6.57. The largest absolute Gasteiger partial charge is 0.497 e. The lowest BCUT2D eigenvalue weighted by Crippen LogP contribution is -2.28. The summed E-state index contributed by atoms with van der Waals surface area (Å²) in [6.45, 7) is 4.44. The highest BCUT2D eigenvalue weighted by molar-refractivity contribution is 5.83. The molecule has 1 unspecified atom stereocenters. The maximum absolute atomic E-state index is 14.5. The zero-order valence-corrected chi connectivity index (χ0v) is 12.3. The number of hydrogen-bond acceptors (Lipinski definition) is 3. The Kier molecular flexibility index (Phi) is 4.78. The SMILES string of the molecule is CCOC1=CC(F)(C=O)CC(OCC)=C1c1ccccc1. The number of rotatable bonds is 6. The summed E-state index contributed by atoms with van der Waals surface area (Å²) in [5.41, 5.74) is -0.476. The first-order valence-corrected chi connectivity index (χ1v) is 7.06. The number of alkyl halides is 1. The van der Waals surface area contributed by atoms with Crippen molar-refractivity contribution >= 4 is 11.9 Å². The lowest BCUT2D eigenvalue weighted by molar-refractivity contribution is -0.115. The summed E-state index contributed by atoms with van der Waals surface area (Å²) in [7, 11) is 0. The van der Waals surface area contributed by atoms with Crippen LogP contribution in [0.3, 0.4) is 0 Å². The van der Waals surface area contributed by atoms with Crippen molar-refractivity contribution in [1.82, 2.24) is 0 Å². The molecule has 0 bridgehead atoms. The Labute approximate surface area is 124 Å². The van der Waals surface area contributed by atoms with E-state index in [-0.39, 0.29) is 6.42 Å². The number of allylic oxidation sites excluding steroid dienone is 3. The van der Waals surface area contributed by atoms with E-state index in [0.29, 0.717) is 31.0 Å². The Morgan fingerprint density at radius 2 is 1.86 bits per heavy atom. The zero-order chi connectivity index (χ0) is 15.3. The molecule has 0 aliphatic heterocycles. The van der Waals surface area contributed by atoms with Gasteiger partial charge in [0.05, 0.1) is 25.2 Å². The molecule has 21 heavy (non-hydrogen) atoms. The summed E-state index contributed by atoms with van der Waals surface area (Å²) in [5, 5.41) is 0. The minimum atomic E-state index is -2.08. The number of ether oxygens (including phenoxy) is 2. The van der Waals surface area contributed by atoms with Crippen molar-refractivity contribution in [1.29, 1.82) is 0 Å². The van der Waals surface area contributed by atoms with Crippen molar-refractivity contribution < 1.29 is 18.7 Å². The molecule has 2 rings (SSSR count). The first-order chi connectivity index (χ1) is 10.1. The van der Waals surface area contributed by atoms with Crippen molar-refractivity contribution in [2.75, 3.05) is 13.2 Å². The Bertz CT molecular complexity index is 563. The molecule has 0 N–H and O–H groups in total. The number of hydrogen-bond donors (Lipinski definition) is 0. The van der Waals surface area contributed by atoms with Crippen LogP contribution in [0.1, 0.15) is 25.8 Å². The molecule has 1 aromatic rings. The summed E-state index contributed by atoms with van der Waals surface area (Å²) in [5.74, 6) is 0.803. The fourth-order valence-corrected chi connectivity index (χ4v) is 2.36. The van der Waals surface area contributed by atoms with E-state index in [4.69, 9.17) is 9.47 Å². The number of aldehydes is 1. The van der Waals surface area contributed by atoms with Gasteiger partial charge in [-0.2, -0.15) is 0 Å². The highest BCUT2D eigenvalue weighted by Crippen LogP contribution is 2.39. The summed E-state index contributed by atoms with van der Waals surface area (Å²) in [4.78, 5) is 11.1. The van der Waals surface area contributed by atoms with Gasteiger partial charge in [0.15, 0.2) is 12.0 Å². The monoisotopic (exact) mass is 290 g/mol. The number of carbonyl (C=O) groups excluding carboxylic acids is 1. The normalized spacial score (nSPS) is 21.8. The van der Waals surface area contributed by atoms with E-state index in [1.165, 1.54) is 6.08 Å². The predicted molar refractivity (Wildman–Crippen MR) is 79.2 cm³/mol. The molecule has 0 spiro atoms. The maximum Gasteiger partial charge on any atom is 0.194 e. The van der Waals surface area contributed by atoms with Gasteiger partial charge in [-0.15, -0.1) is 0 Å². The molecule has 3 nitrogen and oxygen atoms in total. The summed E-state index contributed by atoms with van der Waals surface area (Å²) in [6, 6.07) is 9.52. The van der Waals surface area contributed by atoms with Gasteiger partial charge in [0, 0.05) is 6.08 Å². The first kappa shape index (κ1) is 15.3. The fourth-order valence-electron chi connectivity index (χ4n) is 2.36. The van der Waals surface area contributed by atoms with Crippen LogP contribution >= 0.6 is 0 Å². The van der Waals surface area contributed by atoms with Crippen molar-refractivity contribution in [3.63, 3.8) is 0 Å². The molecular formula is C17H19FO3. The van der Waals surface area contributed by atoms with Crippen molar-refractivity contribution in [2.45, 2.75) is 25.9 Å². The Morgan fingerprint density at radius 3 is 2.43 bits per heavy atom. The fraction of sp³-hybridized carbons (Fsp3) is 0.353. The molecule has 0 radical (unpaired) electrons. The first-order valence-electron chi connectivity index (χ1n) is 7.06. The molecule has 112 valence electrons. The van der Waals surface area contributed by atoms with Crippen LogP contribution in [-0.2, 0) is 14.3 Å². The third-order valence-electron chi connectivity index (χ3n) is 3.20. The molecule has 1 aliphatic rings. The molecule has 0 fully saturated rings. The Hall–Kier alpha value is -2.10.